The van der Waals surface area contributed by atoms with Crippen molar-refractivity contribution in [3.8, 4) is 0 Å². The summed E-state index contributed by atoms with van der Waals surface area (Å²) in [5, 5.41) is 14.7. The van der Waals surface area contributed by atoms with Crippen molar-refractivity contribution in [2.24, 2.45) is 0 Å². The zero-order valence-corrected chi connectivity index (χ0v) is 14.5. The van der Waals surface area contributed by atoms with Crippen LogP contribution in [0.5, 0.6) is 0 Å². The number of piperidine rings is 1. The Morgan fingerprint density at radius 1 is 1.21 bits per heavy atom. The summed E-state index contributed by atoms with van der Waals surface area (Å²) < 4.78 is 2.07. The van der Waals surface area contributed by atoms with Crippen LogP contribution in [0.1, 0.15) is 24.4 Å². The fourth-order valence-corrected chi connectivity index (χ4v) is 3.54. The number of nitrogens with zero attached hydrogens (tertiary/aromatic N) is 4. The maximum atomic E-state index is 10.4. The lowest BCUT2D eigenvalue weighted by molar-refractivity contribution is 0.0647. The molecular weight excluding hydrogens is 300 g/mol. The van der Waals surface area contributed by atoms with E-state index in [1.54, 1.807) is 0 Å². The Kier molecular flexibility index (Phi) is 6.01. The summed E-state index contributed by atoms with van der Waals surface area (Å²) in [6, 6.07) is 12.9. The summed E-state index contributed by atoms with van der Waals surface area (Å²) in [6.07, 6.45) is 5.80. The van der Waals surface area contributed by atoms with Gasteiger partial charge in [0.1, 0.15) is 0 Å². The normalized spacial score (nSPS) is 18.1. The molecule has 1 atom stereocenters. The second-order valence-corrected chi connectivity index (χ2v) is 6.85. The maximum Gasteiger partial charge on any atom is 0.0793 e. The number of likely N-dealkylation sites (tertiary alicyclic amines) is 1. The van der Waals surface area contributed by atoms with Crippen LogP contribution in [0.25, 0.3) is 0 Å². The molecule has 1 aromatic carbocycles. The Hall–Kier alpha value is -1.69. The second-order valence-electron chi connectivity index (χ2n) is 6.85. The molecule has 0 radical (unpaired) electrons. The lowest BCUT2D eigenvalue weighted by Gasteiger charge is -2.34. The van der Waals surface area contributed by atoms with Crippen molar-refractivity contribution in [1.29, 1.82) is 0 Å². The van der Waals surface area contributed by atoms with E-state index < -0.39 is 0 Å². The molecule has 130 valence electrons. The minimum absolute atomic E-state index is 0.306. The van der Waals surface area contributed by atoms with E-state index in [0.29, 0.717) is 12.6 Å². The third-order valence-corrected chi connectivity index (χ3v) is 4.74. The summed E-state index contributed by atoms with van der Waals surface area (Å²) in [6.45, 7) is 4.40. The number of hydrogen-bond donors (Lipinski definition) is 1. The average Bonchev–Trinajstić information content (AvgIpc) is 3.10. The third-order valence-electron chi connectivity index (χ3n) is 4.74. The number of aliphatic hydroxyl groups is 1. The zero-order valence-electron chi connectivity index (χ0n) is 14.5. The van der Waals surface area contributed by atoms with Crippen LogP contribution < -0.4 is 0 Å². The Labute approximate surface area is 144 Å². The number of rotatable bonds is 7. The lowest BCUT2D eigenvalue weighted by Crippen LogP contribution is -2.42. The summed E-state index contributed by atoms with van der Waals surface area (Å²) in [7, 11) is 2.07. The van der Waals surface area contributed by atoms with E-state index in [1.165, 1.54) is 5.56 Å². The quantitative estimate of drug-likeness (QED) is 0.844. The number of β-amino-alcohol motifs (C(OH)–C–C–N with tert-alkyl or cyclic N) is 1. The van der Waals surface area contributed by atoms with Crippen molar-refractivity contribution in [3.63, 3.8) is 0 Å². The number of likely N-dealkylation sites (N-methyl/N-ethyl adjacent to an activating group) is 1. The van der Waals surface area contributed by atoms with Gasteiger partial charge < -0.3 is 10.0 Å². The first-order valence-corrected chi connectivity index (χ1v) is 8.83. The van der Waals surface area contributed by atoms with Gasteiger partial charge in [0.25, 0.3) is 0 Å². The minimum Gasteiger partial charge on any atom is -0.390 e. The van der Waals surface area contributed by atoms with Gasteiger partial charge in [-0.15, -0.1) is 0 Å². The van der Waals surface area contributed by atoms with E-state index in [4.69, 9.17) is 0 Å². The molecule has 0 spiro atoms. The Balaban J connectivity index is 1.38. The topological polar surface area (TPSA) is 44.5 Å². The third kappa shape index (κ3) is 4.90. The van der Waals surface area contributed by atoms with Gasteiger partial charge in [0, 0.05) is 45.1 Å². The predicted octanol–water partition coefficient (Wildman–Crippen LogP) is 2.01. The molecule has 0 saturated carbocycles. The SMILES string of the molecule is CN(Cc1ccccc1)CC(O)CN1CCC(n2cccn2)CC1. The molecule has 1 aliphatic rings. The number of benzene rings is 1. The Morgan fingerprint density at radius 3 is 2.62 bits per heavy atom. The summed E-state index contributed by atoms with van der Waals surface area (Å²) in [5.41, 5.74) is 1.28. The van der Waals surface area contributed by atoms with Gasteiger partial charge in [-0.3, -0.25) is 9.58 Å². The highest BCUT2D eigenvalue weighted by Gasteiger charge is 2.22. The first-order chi connectivity index (χ1) is 11.7. The van der Waals surface area contributed by atoms with Gasteiger partial charge in [-0.05, 0) is 31.5 Å². The van der Waals surface area contributed by atoms with Crippen LogP contribution in [0.3, 0.4) is 0 Å². The smallest absolute Gasteiger partial charge is 0.0793 e. The zero-order chi connectivity index (χ0) is 16.8. The van der Waals surface area contributed by atoms with Gasteiger partial charge in [0.15, 0.2) is 0 Å². The predicted molar refractivity (Wildman–Crippen MR) is 95.7 cm³/mol. The van der Waals surface area contributed by atoms with Crippen LogP contribution in [0.15, 0.2) is 48.8 Å². The summed E-state index contributed by atoms with van der Waals surface area (Å²) >= 11 is 0. The van der Waals surface area contributed by atoms with E-state index in [0.717, 1.165) is 39.0 Å². The molecule has 0 aliphatic carbocycles. The molecule has 1 fully saturated rings. The highest BCUT2D eigenvalue weighted by molar-refractivity contribution is 5.14. The maximum absolute atomic E-state index is 10.4. The van der Waals surface area contributed by atoms with E-state index >= 15 is 0 Å². The van der Waals surface area contributed by atoms with Crippen molar-refractivity contribution in [1.82, 2.24) is 19.6 Å². The van der Waals surface area contributed by atoms with Crippen LogP contribution in [0, 0.1) is 0 Å². The second kappa shape index (κ2) is 8.42. The highest BCUT2D eigenvalue weighted by Crippen LogP contribution is 2.21. The molecule has 0 amide bonds. The van der Waals surface area contributed by atoms with Crippen molar-refractivity contribution >= 4 is 0 Å². The van der Waals surface area contributed by atoms with Crippen molar-refractivity contribution in [3.05, 3.63) is 54.4 Å². The first kappa shape index (κ1) is 17.1. The van der Waals surface area contributed by atoms with Crippen LogP contribution in [0.2, 0.25) is 0 Å². The lowest BCUT2D eigenvalue weighted by atomic mass is 10.0. The molecule has 1 aliphatic heterocycles. The molecule has 24 heavy (non-hydrogen) atoms. The van der Waals surface area contributed by atoms with Gasteiger partial charge in [0.05, 0.1) is 12.1 Å². The molecule has 1 saturated heterocycles. The van der Waals surface area contributed by atoms with E-state index in [-0.39, 0.29) is 6.10 Å². The fraction of sp³-hybridized carbons (Fsp3) is 0.526. The fourth-order valence-electron chi connectivity index (χ4n) is 3.54. The number of hydrogen-bond acceptors (Lipinski definition) is 4. The standard InChI is InChI=1S/C19H28N4O/c1-21(14-17-6-3-2-4-7-17)15-19(24)16-22-12-8-18(9-13-22)23-11-5-10-20-23/h2-7,10-11,18-19,24H,8-9,12-16H2,1H3. The van der Waals surface area contributed by atoms with Gasteiger partial charge in [-0.25, -0.2) is 0 Å². The molecule has 5 heteroatoms. The highest BCUT2D eigenvalue weighted by atomic mass is 16.3. The van der Waals surface area contributed by atoms with Gasteiger partial charge in [-0.2, -0.15) is 5.10 Å². The molecule has 2 aromatic rings. The Morgan fingerprint density at radius 2 is 1.96 bits per heavy atom. The number of aromatic nitrogens is 2. The molecule has 3 rings (SSSR count). The minimum atomic E-state index is -0.306. The molecule has 0 bridgehead atoms. The van der Waals surface area contributed by atoms with Crippen molar-refractivity contribution in [2.45, 2.75) is 31.5 Å². The van der Waals surface area contributed by atoms with E-state index in [1.807, 2.05) is 24.5 Å². The Bertz CT molecular complexity index is 579. The van der Waals surface area contributed by atoms with Crippen LogP contribution >= 0.6 is 0 Å². The van der Waals surface area contributed by atoms with Crippen molar-refractivity contribution in [2.75, 3.05) is 33.2 Å². The van der Waals surface area contributed by atoms with Crippen molar-refractivity contribution < 1.29 is 5.11 Å². The first-order valence-electron chi connectivity index (χ1n) is 8.83. The average molecular weight is 328 g/mol. The molecular formula is C19H28N4O. The van der Waals surface area contributed by atoms with Crippen LogP contribution in [-0.4, -0.2) is 64.0 Å². The summed E-state index contributed by atoms with van der Waals surface area (Å²) in [4.78, 5) is 4.57. The molecule has 1 unspecified atom stereocenters. The molecule has 1 aromatic heterocycles. The number of aliphatic hydroxyl groups excluding tert-OH is 1. The largest absolute Gasteiger partial charge is 0.390 e. The molecule has 2 heterocycles. The monoisotopic (exact) mass is 328 g/mol. The molecule has 1 N–H and O–H groups in total. The van der Waals surface area contributed by atoms with Gasteiger partial charge in [-0.1, -0.05) is 30.3 Å². The van der Waals surface area contributed by atoms with Gasteiger partial charge >= 0.3 is 0 Å². The van der Waals surface area contributed by atoms with Gasteiger partial charge in [0.2, 0.25) is 0 Å². The molecule has 5 nitrogen and oxygen atoms in total. The van der Waals surface area contributed by atoms with E-state index in [2.05, 4.69) is 50.9 Å². The van der Waals surface area contributed by atoms with Crippen LogP contribution in [0.4, 0.5) is 0 Å². The summed E-state index contributed by atoms with van der Waals surface area (Å²) in [5.74, 6) is 0. The van der Waals surface area contributed by atoms with E-state index in [9.17, 15) is 5.11 Å². The van der Waals surface area contributed by atoms with Crippen LogP contribution in [-0.2, 0) is 6.54 Å².